The highest BCUT2D eigenvalue weighted by molar-refractivity contribution is 6.34. The number of hydrogen-bond acceptors (Lipinski definition) is 6. The highest BCUT2D eigenvalue weighted by atomic mass is 35.5. The van der Waals surface area contributed by atoms with Crippen molar-refractivity contribution in [2.24, 2.45) is 0 Å². The van der Waals surface area contributed by atoms with Crippen LogP contribution in [0.5, 0.6) is 0 Å². The van der Waals surface area contributed by atoms with Crippen molar-refractivity contribution in [3.05, 3.63) is 113 Å². The van der Waals surface area contributed by atoms with Crippen molar-refractivity contribution in [2.75, 3.05) is 0 Å². The molecule has 0 atom stereocenters. The molecule has 0 fully saturated rings. The molecule has 0 radical (unpaired) electrons. The van der Waals surface area contributed by atoms with Crippen LogP contribution in [0.2, 0.25) is 5.15 Å². The van der Waals surface area contributed by atoms with E-state index in [0.29, 0.717) is 16.2 Å². The van der Waals surface area contributed by atoms with E-state index in [1.54, 1.807) is 18.5 Å². The van der Waals surface area contributed by atoms with Crippen LogP contribution in [-0.2, 0) is 0 Å². The number of nitrogens with zero attached hydrogens (tertiary/aromatic N) is 5. The van der Waals surface area contributed by atoms with Gasteiger partial charge in [-0.15, -0.1) is 10.2 Å². The van der Waals surface area contributed by atoms with Gasteiger partial charge < -0.3 is 0 Å². The molecule has 0 unspecified atom stereocenters. The van der Waals surface area contributed by atoms with Gasteiger partial charge in [0.05, 0.1) is 0 Å². The molecule has 7 nitrogen and oxygen atoms in total. The molecular formula is C26H17ClN6O. The summed E-state index contributed by atoms with van der Waals surface area (Å²) in [5.41, 5.74) is 4.35. The lowest BCUT2D eigenvalue weighted by Gasteiger charge is -2.04. The third-order valence-corrected chi connectivity index (χ3v) is 5.39. The van der Waals surface area contributed by atoms with Gasteiger partial charge in [-0.25, -0.2) is 5.10 Å². The fraction of sp³-hybridized carbons (Fsp3) is 0. The first-order valence-corrected chi connectivity index (χ1v) is 10.8. The minimum atomic E-state index is -0.264. The molecule has 164 valence electrons. The second-order valence-corrected chi connectivity index (χ2v) is 7.63. The molecule has 0 aliphatic heterocycles. The first-order valence-electron chi connectivity index (χ1n) is 10.4. The summed E-state index contributed by atoms with van der Waals surface area (Å²) in [5.74, 6) is 0. The van der Waals surface area contributed by atoms with Crippen LogP contribution in [0.3, 0.4) is 0 Å². The lowest BCUT2D eigenvalue weighted by molar-refractivity contribution is 1.01. The highest BCUT2D eigenvalue weighted by Gasteiger charge is 2.10. The maximum absolute atomic E-state index is 11.6. The number of benzene rings is 2. The van der Waals surface area contributed by atoms with E-state index in [9.17, 15) is 4.79 Å². The van der Waals surface area contributed by atoms with Gasteiger partial charge in [-0.3, -0.25) is 14.8 Å². The predicted molar refractivity (Wildman–Crippen MR) is 133 cm³/mol. The molecule has 0 spiro atoms. The Morgan fingerprint density at radius 1 is 0.618 bits per heavy atom. The molecule has 0 saturated heterocycles. The zero-order valence-electron chi connectivity index (χ0n) is 17.8. The first kappa shape index (κ1) is 21.4. The molecule has 0 saturated carbocycles. The minimum Gasteiger partial charge on any atom is -0.266 e. The number of fused-ring (bicyclic) bond motifs is 2. The third kappa shape index (κ3) is 4.24. The van der Waals surface area contributed by atoms with E-state index in [2.05, 4.69) is 30.4 Å². The van der Waals surface area contributed by atoms with Gasteiger partial charge in [-0.2, -0.15) is 5.10 Å². The first-order chi connectivity index (χ1) is 16.7. The van der Waals surface area contributed by atoms with E-state index in [1.165, 1.54) is 0 Å². The van der Waals surface area contributed by atoms with E-state index in [0.717, 1.165) is 33.3 Å². The van der Waals surface area contributed by atoms with E-state index < -0.39 is 0 Å². The van der Waals surface area contributed by atoms with Crippen LogP contribution in [-0.4, -0.2) is 30.4 Å². The summed E-state index contributed by atoms with van der Waals surface area (Å²) in [4.78, 5) is 19.9. The number of rotatable bonds is 2. The Balaban J connectivity index is 0.000000142. The van der Waals surface area contributed by atoms with E-state index in [-0.39, 0.29) is 5.56 Å². The molecule has 6 rings (SSSR count). The number of aromatic nitrogens is 6. The van der Waals surface area contributed by atoms with Crippen molar-refractivity contribution in [3.8, 4) is 22.5 Å². The normalized spacial score (nSPS) is 10.6. The Bertz CT molecular complexity index is 1640. The van der Waals surface area contributed by atoms with Gasteiger partial charge in [0.25, 0.3) is 5.56 Å². The standard InChI is InChI=1S/C13H8ClN3.C13H9N3O/c14-13-12-10(7-4-8-15-12)11(16-17-13)9-5-2-1-3-6-9;17-13-12-10(7-4-8-14-12)11(15-16-13)9-5-2-1-3-6-9/h1-8H;1-8H,(H,16,17). The van der Waals surface area contributed by atoms with Crippen LogP contribution in [0, 0.1) is 0 Å². The van der Waals surface area contributed by atoms with Gasteiger partial charge in [-0.05, 0) is 24.3 Å². The molecule has 4 heterocycles. The van der Waals surface area contributed by atoms with E-state index in [1.807, 2.05) is 78.9 Å². The fourth-order valence-corrected chi connectivity index (χ4v) is 3.77. The monoisotopic (exact) mass is 464 g/mol. The summed E-state index contributed by atoms with van der Waals surface area (Å²) < 4.78 is 0. The molecule has 0 bridgehead atoms. The number of aromatic amines is 1. The van der Waals surface area contributed by atoms with Crippen LogP contribution < -0.4 is 5.56 Å². The van der Waals surface area contributed by atoms with Crippen LogP contribution in [0.15, 0.2) is 102 Å². The summed E-state index contributed by atoms with van der Waals surface area (Å²) in [6.45, 7) is 0. The zero-order chi connectivity index (χ0) is 23.3. The van der Waals surface area contributed by atoms with Gasteiger partial charge >= 0.3 is 0 Å². The van der Waals surface area contributed by atoms with Crippen LogP contribution in [0.1, 0.15) is 0 Å². The van der Waals surface area contributed by atoms with Crippen molar-refractivity contribution in [3.63, 3.8) is 0 Å². The molecule has 2 aromatic carbocycles. The van der Waals surface area contributed by atoms with Gasteiger partial charge in [-0.1, -0.05) is 72.3 Å². The van der Waals surface area contributed by atoms with E-state index >= 15 is 0 Å². The lowest BCUT2D eigenvalue weighted by Crippen LogP contribution is -2.10. The van der Waals surface area contributed by atoms with Crippen molar-refractivity contribution in [1.82, 2.24) is 30.4 Å². The average molecular weight is 465 g/mol. The molecular weight excluding hydrogens is 448 g/mol. The van der Waals surface area contributed by atoms with Crippen molar-refractivity contribution in [1.29, 1.82) is 0 Å². The summed E-state index contributed by atoms with van der Waals surface area (Å²) in [7, 11) is 0. The second kappa shape index (κ2) is 9.56. The molecule has 0 aliphatic carbocycles. The summed E-state index contributed by atoms with van der Waals surface area (Å²) in [6.07, 6.45) is 3.30. The molecule has 4 aromatic heterocycles. The average Bonchev–Trinajstić information content (AvgIpc) is 2.91. The third-order valence-electron chi connectivity index (χ3n) is 5.14. The van der Waals surface area contributed by atoms with Crippen LogP contribution in [0.4, 0.5) is 0 Å². The number of pyridine rings is 2. The number of nitrogens with one attached hydrogen (secondary N) is 1. The Morgan fingerprint density at radius 3 is 1.82 bits per heavy atom. The van der Waals surface area contributed by atoms with Crippen LogP contribution in [0.25, 0.3) is 44.3 Å². The number of halogens is 1. The summed E-state index contributed by atoms with van der Waals surface area (Å²) in [6, 6.07) is 27.1. The van der Waals surface area contributed by atoms with Gasteiger partial charge in [0.1, 0.15) is 22.4 Å². The summed E-state index contributed by atoms with van der Waals surface area (Å²) >= 11 is 5.98. The summed E-state index contributed by atoms with van der Waals surface area (Å²) in [5, 5.41) is 16.7. The van der Waals surface area contributed by atoms with E-state index in [4.69, 9.17) is 11.6 Å². The van der Waals surface area contributed by atoms with Gasteiger partial charge in [0, 0.05) is 34.3 Å². The van der Waals surface area contributed by atoms with Gasteiger partial charge in [0.15, 0.2) is 5.15 Å². The molecule has 6 aromatic rings. The van der Waals surface area contributed by atoms with Crippen molar-refractivity contribution >= 4 is 33.4 Å². The fourth-order valence-electron chi connectivity index (χ4n) is 3.58. The topological polar surface area (TPSA) is 97.3 Å². The molecule has 1 N–H and O–H groups in total. The predicted octanol–water partition coefficient (Wildman–Crippen LogP) is 5.33. The molecule has 34 heavy (non-hydrogen) atoms. The lowest BCUT2D eigenvalue weighted by atomic mass is 10.1. The smallest absolute Gasteiger partial charge is 0.266 e. The molecule has 8 heteroatoms. The largest absolute Gasteiger partial charge is 0.290 e. The number of hydrogen-bond donors (Lipinski definition) is 1. The Labute approximate surface area is 199 Å². The van der Waals surface area contributed by atoms with Gasteiger partial charge in [0.2, 0.25) is 0 Å². The Morgan fingerprint density at radius 2 is 1.18 bits per heavy atom. The van der Waals surface area contributed by atoms with Crippen molar-refractivity contribution in [2.45, 2.75) is 0 Å². The Hall–Kier alpha value is -4.49. The van der Waals surface area contributed by atoms with Crippen molar-refractivity contribution < 1.29 is 0 Å². The zero-order valence-corrected chi connectivity index (χ0v) is 18.5. The minimum absolute atomic E-state index is 0.264. The Kier molecular flexibility index (Phi) is 6.01. The second-order valence-electron chi connectivity index (χ2n) is 7.27. The highest BCUT2D eigenvalue weighted by Crippen LogP contribution is 2.27. The maximum Gasteiger partial charge on any atom is 0.290 e. The quantitative estimate of drug-likeness (QED) is 0.372. The maximum atomic E-state index is 11.6. The number of H-pyrrole nitrogens is 1. The molecule has 0 aliphatic rings. The SMILES string of the molecule is Clc1nnc(-c2ccccc2)c2cccnc12.O=c1[nH]nc(-c2ccccc2)c2cccnc12. The van der Waals surface area contributed by atoms with Crippen LogP contribution >= 0.6 is 11.6 Å². The molecule has 0 amide bonds.